The molecule has 0 aliphatic rings. The highest BCUT2D eigenvalue weighted by atomic mass is 15.0. The largest absolute Gasteiger partial charge is 0.369 e. The molecule has 0 saturated heterocycles. The minimum Gasteiger partial charge on any atom is -0.369 e. The van der Waals surface area contributed by atoms with Crippen LogP contribution >= 0.6 is 0 Å². The van der Waals surface area contributed by atoms with Crippen molar-refractivity contribution in [1.29, 1.82) is 0 Å². The zero-order chi connectivity index (χ0) is 16.2. The Morgan fingerprint density at radius 3 is 2.70 bits per heavy atom. The Bertz CT molecular complexity index is 834. The monoisotopic (exact) mass is 297 g/mol. The zero-order valence-corrected chi connectivity index (χ0v) is 13.2. The molecule has 23 heavy (non-hydrogen) atoms. The topological polar surface area (TPSA) is 37.8 Å². The molecular formula is C18H17B2N3. The van der Waals surface area contributed by atoms with E-state index in [1.807, 2.05) is 24.3 Å². The highest BCUT2D eigenvalue weighted by Gasteiger charge is 2.03. The van der Waals surface area contributed by atoms with Crippen LogP contribution in [0.2, 0.25) is 0 Å². The molecule has 4 radical (unpaired) electrons. The lowest BCUT2D eigenvalue weighted by atomic mass is 9.79. The minimum atomic E-state index is 0.634. The van der Waals surface area contributed by atoms with Crippen LogP contribution in [0, 0.1) is 6.92 Å². The maximum absolute atomic E-state index is 5.83. The smallest absolute Gasteiger partial charge is 0.137 e. The summed E-state index contributed by atoms with van der Waals surface area (Å²) in [6, 6.07) is 12.0. The van der Waals surface area contributed by atoms with Crippen LogP contribution in [0.1, 0.15) is 17.5 Å². The Morgan fingerprint density at radius 1 is 1.00 bits per heavy atom. The number of nitrogens with one attached hydrogen (secondary N) is 1. The van der Waals surface area contributed by atoms with Crippen molar-refractivity contribution in [3.05, 3.63) is 53.9 Å². The summed E-state index contributed by atoms with van der Waals surface area (Å²) < 4.78 is 0. The van der Waals surface area contributed by atoms with E-state index in [0.717, 1.165) is 36.1 Å². The summed E-state index contributed by atoms with van der Waals surface area (Å²) in [6.07, 6.45) is 3.53. The first-order valence-electron chi connectivity index (χ1n) is 7.72. The van der Waals surface area contributed by atoms with Crippen LogP contribution in [0.3, 0.4) is 0 Å². The van der Waals surface area contributed by atoms with Crippen LogP contribution in [0.4, 0.5) is 5.82 Å². The van der Waals surface area contributed by atoms with Crippen LogP contribution in [0.15, 0.2) is 42.7 Å². The van der Waals surface area contributed by atoms with Crippen molar-refractivity contribution >= 4 is 43.3 Å². The number of rotatable bonds is 5. The Kier molecular flexibility index (Phi) is 4.65. The normalized spacial score (nSPS) is 10.8. The van der Waals surface area contributed by atoms with Gasteiger partial charge in [-0.1, -0.05) is 29.8 Å². The van der Waals surface area contributed by atoms with Crippen LogP contribution in [-0.2, 0) is 6.42 Å². The Hall–Kier alpha value is -2.29. The van der Waals surface area contributed by atoms with Gasteiger partial charge in [0.15, 0.2) is 0 Å². The lowest BCUT2D eigenvalue weighted by Gasteiger charge is -2.09. The Labute approximate surface area is 139 Å². The first kappa shape index (κ1) is 15.6. The zero-order valence-electron chi connectivity index (χ0n) is 13.2. The quantitative estimate of drug-likeness (QED) is 0.574. The molecular weight excluding hydrogens is 280 g/mol. The maximum Gasteiger partial charge on any atom is 0.137 e. The SMILES string of the molecule is [B]c1ccc(CCCNc2ncnc3ccc(C)cc23)cc1[B]. The van der Waals surface area contributed by atoms with Gasteiger partial charge < -0.3 is 5.32 Å². The summed E-state index contributed by atoms with van der Waals surface area (Å²) in [5.74, 6) is 0.885. The van der Waals surface area contributed by atoms with E-state index in [1.165, 1.54) is 11.1 Å². The lowest BCUT2D eigenvalue weighted by Crippen LogP contribution is -2.25. The molecule has 3 nitrogen and oxygen atoms in total. The number of fused-ring (bicyclic) bond motifs is 1. The maximum atomic E-state index is 5.83. The van der Waals surface area contributed by atoms with E-state index in [4.69, 9.17) is 15.7 Å². The summed E-state index contributed by atoms with van der Waals surface area (Å²) in [5, 5.41) is 4.46. The van der Waals surface area contributed by atoms with Gasteiger partial charge >= 0.3 is 0 Å². The minimum absolute atomic E-state index is 0.634. The molecule has 2 aromatic carbocycles. The van der Waals surface area contributed by atoms with Crippen molar-refractivity contribution in [2.75, 3.05) is 11.9 Å². The second-order valence-corrected chi connectivity index (χ2v) is 5.74. The third kappa shape index (κ3) is 3.73. The van der Waals surface area contributed by atoms with Crippen LogP contribution in [-0.4, -0.2) is 32.2 Å². The molecule has 3 aromatic rings. The van der Waals surface area contributed by atoms with Gasteiger partial charge in [0, 0.05) is 11.9 Å². The summed E-state index contributed by atoms with van der Waals surface area (Å²) >= 11 is 0. The van der Waals surface area contributed by atoms with Crippen LogP contribution < -0.4 is 16.2 Å². The van der Waals surface area contributed by atoms with Crippen LogP contribution in [0.5, 0.6) is 0 Å². The van der Waals surface area contributed by atoms with Gasteiger partial charge in [0.05, 0.1) is 5.52 Å². The standard InChI is InChI=1S/C18H17B2N3/c1-12-4-7-17-14(9-12)18(23-11-22-17)21-8-2-3-13-5-6-15(19)16(20)10-13/h4-7,9-11H,2-3,8H2,1H3,(H,21,22,23). The van der Waals surface area contributed by atoms with Crippen molar-refractivity contribution in [3.8, 4) is 0 Å². The van der Waals surface area contributed by atoms with E-state index in [1.54, 1.807) is 6.33 Å². The summed E-state index contributed by atoms with van der Waals surface area (Å²) in [7, 11) is 11.6. The molecule has 3 rings (SSSR count). The molecule has 1 heterocycles. The number of hydrogen-bond acceptors (Lipinski definition) is 3. The average Bonchev–Trinajstić information content (AvgIpc) is 2.55. The fourth-order valence-electron chi connectivity index (χ4n) is 2.59. The molecule has 1 N–H and O–H groups in total. The van der Waals surface area contributed by atoms with Crippen molar-refractivity contribution in [2.24, 2.45) is 0 Å². The van der Waals surface area contributed by atoms with Crippen molar-refractivity contribution in [3.63, 3.8) is 0 Å². The van der Waals surface area contributed by atoms with E-state index in [9.17, 15) is 0 Å². The van der Waals surface area contributed by atoms with E-state index in [2.05, 4.69) is 34.3 Å². The second kappa shape index (κ2) is 6.86. The first-order chi connectivity index (χ1) is 11.1. The van der Waals surface area contributed by atoms with Gasteiger partial charge in [0.2, 0.25) is 0 Å². The Morgan fingerprint density at radius 2 is 1.87 bits per heavy atom. The highest BCUT2D eigenvalue weighted by molar-refractivity contribution is 6.48. The van der Waals surface area contributed by atoms with Gasteiger partial charge in [-0.3, -0.25) is 0 Å². The first-order valence-corrected chi connectivity index (χ1v) is 7.72. The molecule has 0 atom stereocenters. The lowest BCUT2D eigenvalue weighted by molar-refractivity contribution is 0.860. The van der Waals surface area contributed by atoms with Gasteiger partial charge in [-0.25, -0.2) is 9.97 Å². The second-order valence-electron chi connectivity index (χ2n) is 5.74. The number of aryl methyl sites for hydroxylation is 2. The van der Waals surface area contributed by atoms with E-state index in [-0.39, 0.29) is 0 Å². The number of hydrogen-bond donors (Lipinski definition) is 1. The Balaban J connectivity index is 1.62. The molecule has 0 aliphatic carbocycles. The number of benzene rings is 2. The van der Waals surface area contributed by atoms with Gasteiger partial charge in [0.1, 0.15) is 27.8 Å². The molecule has 5 heteroatoms. The van der Waals surface area contributed by atoms with Crippen molar-refractivity contribution < 1.29 is 0 Å². The fourth-order valence-corrected chi connectivity index (χ4v) is 2.59. The predicted octanol–water partition coefficient (Wildman–Crippen LogP) is 1.57. The highest BCUT2D eigenvalue weighted by Crippen LogP contribution is 2.20. The average molecular weight is 297 g/mol. The third-order valence-corrected chi connectivity index (χ3v) is 3.88. The van der Waals surface area contributed by atoms with Gasteiger partial charge in [-0.05, 0) is 37.5 Å². The molecule has 1 aromatic heterocycles. The van der Waals surface area contributed by atoms with Crippen molar-refractivity contribution in [1.82, 2.24) is 9.97 Å². The fraction of sp³-hybridized carbons (Fsp3) is 0.222. The van der Waals surface area contributed by atoms with Gasteiger partial charge in [0.25, 0.3) is 0 Å². The van der Waals surface area contributed by atoms with E-state index in [0.29, 0.717) is 10.9 Å². The molecule has 0 bridgehead atoms. The van der Waals surface area contributed by atoms with E-state index >= 15 is 0 Å². The molecule has 0 aliphatic heterocycles. The van der Waals surface area contributed by atoms with Gasteiger partial charge in [-0.2, -0.15) is 0 Å². The molecule has 0 spiro atoms. The van der Waals surface area contributed by atoms with Crippen molar-refractivity contribution in [2.45, 2.75) is 19.8 Å². The van der Waals surface area contributed by atoms with E-state index < -0.39 is 0 Å². The van der Waals surface area contributed by atoms with Gasteiger partial charge in [-0.15, -0.1) is 10.9 Å². The summed E-state index contributed by atoms with van der Waals surface area (Å²) in [4.78, 5) is 8.66. The molecule has 0 amide bonds. The molecule has 0 fully saturated rings. The number of aromatic nitrogens is 2. The summed E-state index contributed by atoms with van der Waals surface area (Å²) in [6.45, 7) is 2.91. The molecule has 0 saturated carbocycles. The predicted molar refractivity (Wildman–Crippen MR) is 98.3 cm³/mol. The molecule has 0 unspecified atom stereocenters. The third-order valence-electron chi connectivity index (χ3n) is 3.88. The van der Waals surface area contributed by atoms with Crippen LogP contribution in [0.25, 0.3) is 10.9 Å². The summed E-state index contributed by atoms with van der Waals surface area (Å²) in [5.41, 5.74) is 4.64. The number of nitrogens with zero attached hydrogens (tertiary/aromatic N) is 2. The number of anilines is 1. The molecule has 110 valence electrons.